The van der Waals surface area contributed by atoms with Gasteiger partial charge in [-0.2, -0.15) is 0 Å². The Balaban J connectivity index is 1.40. The summed E-state index contributed by atoms with van der Waals surface area (Å²) in [5.74, 6) is -1.72. The molecule has 1 aromatic carbocycles. The molecule has 0 amide bonds. The van der Waals surface area contributed by atoms with E-state index in [1.165, 1.54) is 11.3 Å². The molecule has 41 heavy (non-hydrogen) atoms. The number of aromatic hydroxyl groups is 1. The van der Waals surface area contributed by atoms with E-state index in [0.29, 0.717) is 40.6 Å². The number of halogens is 1. The van der Waals surface area contributed by atoms with Gasteiger partial charge < -0.3 is 23.7 Å². The van der Waals surface area contributed by atoms with Gasteiger partial charge in [-0.05, 0) is 42.5 Å². The van der Waals surface area contributed by atoms with Crippen LogP contribution in [0.25, 0.3) is 21.3 Å². The number of oxazole rings is 1. The minimum absolute atomic E-state index is 0.0934. The fraction of sp³-hybridized carbons (Fsp3) is 0.379. The quantitative estimate of drug-likeness (QED) is 0.313. The van der Waals surface area contributed by atoms with Crippen molar-refractivity contribution >= 4 is 45.1 Å². The number of nitrogens with zero attached hydrogens (tertiary/aromatic N) is 2. The van der Waals surface area contributed by atoms with Crippen molar-refractivity contribution in [3.8, 4) is 22.8 Å². The lowest BCUT2D eigenvalue weighted by atomic mass is 9.85. The first-order valence-electron chi connectivity index (χ1n) is 13.1. The fourth-order valence-electron chi connectivity index (χ4n) is 5.44. The minimum Gasteiger partial charge on any atom is -0.497 e. The standard InChI is InChI=1S/C29H27ClN2O8S/c1-29(2)13-39-27(35)24(29)40-26(34)15-6-9-17-19(10-15)41-25-22(17)21(14-4-7-16(37-3)8-5-14)23(30)18(31-25)11-32-20(33)12-38-28(32)36/h4-5,7-8,12,15,24,33H,6,9-11,13H2,1-3H3/t15-,24-/m0/s1. The maximum Gasteiger partial charge on any atom is 0.422 e. The van der Waals surface area contributed by atoms with E-state index >= 15 is 0 Å². The fourth-order valence-corrected chi connectivity index (χ4v) is 7.07. The number of hydrogen-bond donors (Lipinski definition) is 1. The molecule has 2 atom stereocenters. The van der Waals surface area contributed by atoms with Crippen LogP contribution in [0.3, 0.4) is 0 Å². The lowest BCUT2D eigenvalue weighted by molar-refractivity contribution is -0.166. The topological polar surface area (TPSA) is 130 Å². The SMILES string of the molecule is COc1ccc(-c2c(Cl)c(Cn3c(O)coc3=O)nc3sc4c(c23)CC[C@H](C(=O)O[C@H]2C(=O)OCC2(C)C)C4)cc1. The summed E-state index contributed by atoms with van der Waals surface area (Å²) in [6.45, 7) is 3.79. The number of cyclic esters (lactones) is 1. The van der Waals surface area contributed by atoms with Crippen LogP contribution >= 0.6 is 22.9 Å². The molecule has 1 N–H and O–H groups in total. The highest BCUT2D eigenvalue weighted by molar-refractivity contribution is 7.19. The molecule has 0 unspecified atom stereocenters. The van der Waals surface area contributed by atoms with Gasteiger partial charge in [0.05, 0.1) is 30.3 Å². The van der Waals surface area contributed by atoms with Gasteiger partial charge in [-0.1, -0.05) is 37.6 Å². The molecule has 1 aliphatic carbocycles. The summed E-state index contributed by atoms with van der Waals surface area (Å²) in [4.78, 5) is 44.0. The third kappa shape index (κ3) is 4.76. The molecule has 0 bridgehead atoms. The summed E-state index contributed by atoms with van der Waals surface area (Å²) < 4.78 is 22.0. The predicted molar refractivity (Wildman–Crippen MR) is 150 cm³/mol. The van der Waals surface area contributed by atoms with Gasteiger partial charge in [-0.15, -0.1) is 11.3 Å². The van der Waals surface area contributed by atoms with E-state index < -0.39 is 35.1 Å². The van der Waals surface area contributed by atoms with Crippen molar-refractivity contribution in [3.63, 3.8) is 0 Å². The van der Waals surface area contributed by atoms with Crippen LogP contribution in [0.4, 0.5) is 0 Å². The second-order valence-corrected chi connectivity index (χ2v) is 12.4. The molecule has 0 saturated carbocycles. The van der Waals surface area contributed by atoms with Crippen molar-refractivity contribution in [1.29, 1.82) is 0 Å². The number of methoxy groups -OCH3 is 1. The first-order valence-corrected chi connectivity index (χ1v) is 14.3. The zero-order valence-electron chi connectivity index (χ0n) is 22.6. The smallest absolute Gasteiger partial charge is 0.422 e. The number of carbonyl (C=O) groups excluding carboxylic acids is 2. The van der Waals surface area contributed by atoms with Crippen LogP contribution in [0.2, 0.25) is 5.02 Å². The van der Waals surface area contributed by atoms with Gasteiger partial charge in [0, 0.05) is 21.2 Å². The lowest BCUT2D eigenvalue weighted by Gasteiger charge is -2.26. The molecule has 0 radical (unpaired) electrons. The van der Waals surface area contributed by atoms with E-state index in [2.05, 4.69) is 0 Å². The van der Waals surface area contributed by atoms with Crippen molar-refractivity contribution in [3.05, 3.63) is 62.2 Å². The summed E-state index contributed by atoms with van der Waals surface area (Å²) in [6.07, 6.45) is 1.62. The van der Waals surface area contributed by atoms with Crippen molar-refractivity contribution in [2.75, 3.05) is 13.7 Å². The average molecular weight is 599 g/mol. The summed E-state index contributed by atoms with van der Waals surface area (Å²) in [6, 6.07) is 7.48. The van der Waals surface area contributed by atoms with E-state index in [1.54, 1.807) is 7.11 Å². The van der Waals surface area contributed by atoms with E-state index in [4.69, 9.17) is 35.2 Å². The number of aromatic nitrogens is 2. The van der Waals surface area contributed by atoms with Gasteiger partial charge in [0.25, 0.3) is 0 Å². The maximum absolute atomic E-state index is 13.2. The predicted octanol–water partition coefficient (Wildman–Crippen LogP) is 4.73. The number of hydrogen-bond acceptors (Lipinski definition) is 10. The number of fused-ring (bicyclic) bond motifs is 3. The number of thiophene rings is 1. The van der Waals surface area contributed by atoms with Gasteiger partial charge in [-0.3, -0.25) is 4.79 Å². The van der Waals surface area contributed by atoms with Crippen LogP contribution in [-0.2, 0) is 38.4 Å². The lowest BCUT2D eigenvalue weighted by Crippen LogP contribution is -2.37. The first kappa shape index (κ1) is 27.3. The molecule has 0 spiro atoms. The average Bonchev–Trinajstić information content (AvgIpc) is 3.57. The number of esters is 2. The number of carbonyl (C=O) groups is 2. The van der Waals surface area contributed by atoms with Gasteiger partial charge in [0.15, 0.2) is 6.26 Å². The van der Waals surface area contributed by atoms with Crippen LogP contribution in [0.1, 0.15) is 36.4 Å². The molecule has 4 aromatic rings. The van der Waals surface area contributed by atoms with E-state index in [9.17, 15) is 19.5 Å². The maximum atomic E-state index is 13.2. The second-order valence-electron chi connectivity index (χ2n) is 11.0. The Bertz CT molecular complexity index is 1740. The first-order chi connectivity index (χ1) is 19.6. The van der Waals surface area contributed by atoms with Crippen molar-refractivity contribution in [2.24, 2.45) is 11.3 Å². The number of aryl methyl sites for hydroxylation is 1. The Morgan fingerprint density at radius 3 is 2.66 bits per heavy atom. The Hall–Kier alpha value is -3.83. The van der Waals surface area contributed by atoms with Crippen LogP contribution in [0.15, 0.2) is 39.7 Å². The van der Waals surface area contributed by atoms with Gasteiger partial charge in [0.2, 0.25) is 12.0 Å². The zero-order valence-corrected chi connectivity index (χ0v) is 24.1. The minimum atomic E-state index is -0.925. The third-order valence-corrected chi connectivity index (χ3v) is 9.29. The van der Waals surface area contributed by atoms with Crippen LogP contribution in [-0.4, -0.2) is 46.4 Å². The number of benzene rings is 1. The van der Waals surface area contributed by atoms with Crippen LogP contribution < -0.4 is 10.5 Å². The molecule has 2 aliphatic rings. The molecule has 1 aliphatic heterocycles. The second kappa shape index (κ2) is 10.2. The molecule has 4 heterocycles. The van der Waals surface area contributed by atoms with Crippen molar-refractivity contribution in [2.45, 2.75) is 45.8 Å². The van der Waals surface area contributed by atoms with Crippen LogP contribution in [0, 0.1) is 11.3 Å². The molecule has 6 rings (SSSR count). The molecular formula is C29H27ClN2O8S. The molecule has 1 fully saturated rings. The van der Waals surface area contributed by atoms with Gasteiger partial charge in [0.1, 0.15) is 17.2 Å². The molecular weight excluding hydrogens is 572 g/mol. The number of rotatable bonds is 6. The van der Waals surface area contributed by atoms with Gasteiger partial charge in [-0.25, -0.2) is 19.1 Å². The van der Waals surface area contributed by atoms with Crippen molar-refractivity contribution in [1.82, 2.24) is 9.55 Å². The summed E-state index contributed by atoms with van der Waals surface area (Å²) in [5.41, 5.74) is 2.45. The molecule has 10 nitrogen and oxygen atoms in total. The Morgan fingerprint density at radius 2 is 2.02 bits per heavy atom. The van der Waals surface area contributed by atoms with E-state index in [-0.39, 0.29) is 19.0 Å². The molecule has 1 saturated heterocycles. The van der Waals surface area contributed by atoms with Crippen molar-refractivity contribution < 1.29 is 33.3 Å². The highest BCUT2D eigenvalue weighted by Gasteiger charge is 2.47. The molecule has 12 heteroatoms. The third-order valence-electron chi connectivity index (χ3n) is 7.73. The van der Waals surface area contributed by atoms with Gasteiger partial charge >= 0.3 is 17.7 Å². The Labute approximate surface area is 243 Å². The van der Waals surface area contributed by atoms with E-state index in [0.717, 1.165) is 37.8 Å². The molecule has 3 aromatic heterocycles. The normalized spacial score (nSPS) is 19.7. The summed E-state index contributed by atoms with van der Waals surface area (Å²) >= 11 is 8.45. The van der Waals surface area contributed by atoms with Crippen LogP contribution in [0.5, 0.6) is 11.6 Å². The summed E-state index contributed by atoms with van der Waals surface area (Å²) in [5, 5.41) is 11.4. The largest absolute Gasteiger partial charge is 0.497 e. The number of ether oxygens (including phenoxy) is 3. The zero-order chi connectivity index (χ0) is 29.1. The number of pyridine rings is 1. The summed E-state index contributed by atoms with van der Waals surface area (Å²) in [7, 11) is 1.59. The monoisotopic (exact) mass is 598 g/mol. The highest BCUT2D eigenvalue weighted by atomic mass is 35.5. The van der Waals surface area contributed by atoms with E-state index in [1.807, 2.05) is 38.1 Å². The highest BCUT2D eigenvalue weighted by Crippen LogP contribution is 2.46. The molecule has 214 valence electrons. The Kier molecular flexibility index (Phi) is 6.82. The Morgan fingerprint density at radius 1 is 1.27 bits per heavy atom.